The van der Waals surface area contributed by atoms with Gasteiger partial charge in [0.15, 0.2) is 0 Å². The summed E-state index contributed by atoms with van der Waals surface area (Å²) in [6.45, 7) is 2.13. The van der Waals surface area contributed by atoms with Crippen molar-refractivity contribution in [1.82, 2.24) is 0 Å². The minimum atomic E-state index is 1.13. The smallest absolute Gasteiger partial charge is 0.0162 e. The zero-order valence-electron chi connectivity index (χ0n) is 9.41. The highest BCUT2D eigenvalue weighted by molar-refractivity contribution is 14.1. The lowest BCUT2D eigenvalue weighted by atomic mass is 10.0. The summed E-state index contributed by atoms with van der Waals surface area (Å²) in [6, 6.07) is 17.4. The van der Waals surface area contributed by atoms with E-state index in [1.54, 1.807) is 0 Å². The van der Waals surface area contributed by atoms with Gasteiger partial charge >= 0.3 is 0 Å². The van der Waals surface area contributed by atoms with Crippen LogP contribution in [0.15, 0.2) is 48.5 Å². The molecule has 0 bridgehead atoms. The predicted molar refractivity (Wildman–Crippen MR) is 77.7 cm³/mol. The topological polar surface area (TPSA) is 0 Å². The molecule has 2 aromatic carbocycles. The number of halogens is 1. The first kappa shape index (κ1) is 11.6. The van der Waals surface area contributed by atoms with Gasteiger partial charge in [0.2, 0.25) is 0 Å². The normalized spacial score (nSPS) is 10.4. The van der Waals surface area contributed by atoms with Crippen LogP contribution in [0.2, 0.25) is 0 Å². The van der Waals surface area contributed by atoms with E-state index in [4.69, 9.17) is 0 Å². The Bertz CT molecular complexity index is 457. The molecule has 0 radical (unpaired) electrons. The maximum atomic E-state index is 2.41. The van der Waals surface area contributed by atoms with Crippen molar-refractivity contribution in [3.05, 3.63) is 68.8 Å². The van der Waals surface area contributed by atoms with Crippen molar-refractivity contribution in [1.29, 1.82) is 0 Å². The van der Waals surface area contributed by atoms with Gasteiger partial charge in [0.25, 0.3) is 0 Å². The van der Waals surface area contributed by atoms with Crippen molar-refractivity contribution < 1.29 is 0 Å². The number of benzene rings is 2. The summed E-state index contributed by atoms with van der Waals surface area (Å²) in [7, 11) is 0. The van der Waals surface area contributed by atoms with Crippen LogP contribution < -0.4 is 0 Å². The summed E-state index contributed by atoms with van der Waals surface area (Å²) >= 11 is 2.41. The second kappa shape index (κ2) is 5.48. The minimum absolute atomic E-state index is 1.13. The lowest BCUT2D eigenvalue weighted by Crippen LogP contribution is -1.93. The van der Waals surface area contributed by atoms with Gasteiger partial charge in [0.1, 0.15) is 0 Å². The molecule has 0 fully saturated rings. The molecule has 0 saturated heterocycles. The fourth-order valence-corrected chi connectivity index (χ4v) is 2.39. The SMILES string of the molecule is Cc1ccc(CCc2ccccc2I)cc1. The Morgan fingerprint density at radius 1 is 0.875 bits per heavy atom. The molecule has 2 rings (SSSR count). The van der Waals surface area contributed by atoms with Gasteiger partial charge in [-0.2, -0.15) is 0 Å². The van der Waals surface area contributed by atoms with E-state index in [9.17, 15) is 0 Å². The number of rotatable bonds is 3. The lowest BCUT2D eigenvalue weighted by molar-refractivity contribution is 0.953. The molecular formula is C15H15I. The van der Waals surface area contributed by atoms with Crippen LogP contribution in [0, 0.1) is 10.5 Å². The standard InChI is InChI=1S/C15H15I/c1-12-6-8-13(9-7-12)10-11-14-4-2-3-5-15(14)16/h2-9H,10-11H2,1H3. The third-order valence-corrected chi connectivity index (χ3v) is 3.81. The fourth-order valence-electron chi connectivity index (χ4n) is 1.73. The van der Waals surface area contributed by atoms with Crippen LogP contribution in [0.25, 0.3) is 0 Å². The highest BCUT2D eigenvalue weighted by Gasteiger charge is 1.99. The molecule has 0 aliphatic heterocycles. The molecule has 0 atom stereocenters. The number of hydrogen-bond acceptors (Lipinski definition) is 0. The van der Waals surface area contributed by atoms with Crippen molar-refractivity contribution in [2.24, 2.45) is 0 Å². The summed E-state index contributed by atoms with van der Waals surface area (Å²) in [6.07, 6.45) is 2.25. The van der Waals surface area contributed by atoms with Crippen molar-refractivity contribution in [3.63, 3.8) is 0 Å². The molecule has 82 valence electrons. The first-order valence-electron chi connectivity index (χ1n) is 5.54. The van der Waals surface area contributed by atoms with Crippen LogP contribution in [0.4, 0.5) is 0 Å². The molecule has 2 aromatic rings. The summed E-state index contributed by atoms with van der Waals surface area (Å²) in [5.74, 6) is 0. The average molecular weight is 322 g/mol. The Morgan fingerprint density at radius 2 is 1.56 bits per heavy atom. The van der Waals surface area contributed by atoms with E-state index in [1.807, 2.05) is 0 Å². The van der Waals surface area contributed by atoms with Gasteiger partial charge in [-0.15, -0.1) is 0 Å². The molecule has 0 saturated carbocycles. The van der Waals surface area contributed by atoms with Crippen molar-refractivity contribution in [2.45, 2.75) is 19.8 Å². The summed E-state index contributed by atoms with van der Waals surface area (Å²) in [5, 5.41) is 0. The van der Waals surface area contributed by atoms with Gasteiger partial charge in [-0.3, -0.25) is 0 Å². The van der Waals surface area contributed by atoms with Gasteiger partial charge in [-0.1, -0.05) is 48.0 Å². The molecule has 0 unspecified atom stereocenters. The Labute approximate surface area is 111 Å². The summed E-state index contributed by atoms with van der Waals surface area (Å²) in [5.41, 5.74) is 4.20. The van der Waals surface area contributed by atoms with Crippen molar-refractivity contribution in [2.75, 3.05) is 0 Å². The van der Waals surface area contributed by atoms with E-state index in [0.717, 1.165) is 12.8 Å². The van der Waals surface area contributed by atoms with Crippen LogP contribution in [0.1, 0.15) is 16.7 Å². The zero-order valence-corrected chi connectivity index (χ0v) is 11.6. The Morgan fingerprint density at radius 3 is 2.25 bits per heavy atom. The van der Waals surface area contributed by atoms with E-state index in [-0.39, 0.29) is 0 Å². The molecular weight excluding hydrogens is 307 g/mol. The van der Waals surface area contributed by atoms with E-state index < -0.39 is 0 Å². The van der Waals surface area contributed by atoms with Crippen LogP contribution in [0.3, 0.4) is 0 Å². The van der Waals surface area contributed by atoms with Crippen LogP contribution in [0.5, 0.6) is 0 Å². The monoisotopic (exact) mass is 322 g/mol. The highest BCUT2D eigenvalue weighted by atomic mass is 127. The van der Waals surface area contributed by atoms with Gasteiger partial charge in [0.05, 0.1) is 0 Å². The largest absolute Gasteiger partial charge is 0.0619 e. The van der Waals surface area contributed by atoms with Crippen LogP contribution in [-0.2, 0) is 12.8 Å². The highest BCUT2D eigenvalue weighted by Crippen LogP contribution is 2.14. The molecule has 0 nitrogen and oxygen atoms in total. The molecule has 1 heteroatoms. The Kier molecular flexibility index (Phi) is 3.99. The predicted octanol–water partition coefficient (Wildman–Crippen LogP) is 4.38. The second-order valence-corrected chi connectivity index (χ2v) is 5.24. The quantitative estimate of drug-likeness (QED) is 0.736. The third-order valence-electron chi connectivity index (χ3n) is 2.76. The third kappa shape index (κ3) is 3.08. The van der Waals surface area contributed by atoms with Gasteiger partial charge in [0, 0.05) is 3.57 Å². The van der Waals surface area contributed by atoms with Crippen LogP contribution >= 0.6 is 22.6 Å². The van der Waals surface area contributed by atoms with E-state index in [2.05, 4.69) is 78.0 Å². The molecule has 0 aromatic heterocycles. The van der Waals surface area contributed by atoms with E-state index in [0.29, 0.717) is 0 Å². The summed E-state index contributed by atoms with van der Waals surface area (Å²) < 4.78 is 1.37. The van der Waals surface area contributed by atoms with Gasteiger partial charge < -0.3 is 0 Å². The molecule has 0 N–H and O–H groups in total. The molecule has 0 amide bonds. The fraction of sp³-hybridized carbons (Fsp3) is 0.200. The van der Waals surface area contributed by atoms with E-state index in [1.165, 1.54) is 20.3 Å². The first-order chi connectivity index (χ1) is 7.75. The molecule has 0 aliphatic carbocycles. The number of aryl methyl sites for hydroxylation is 3. The number of hydrogen-bond donors (Lipinski definition) is 0. The maximum Gasteiger partial charge on any atom is 0.0162 e. The van der Waals surface area contributed by atoms with Gasteiger partial charge in [-0.05, 0) is 59.5 Å². The summed E-state index contributed by atoms with van der Waals surface area (Å²) in [4.78, 5) is 0. The molecule has 16 heavy (non-hydrogen) atoms. The lowest BCUT2D eigenvalue weighted by Gasteiger charge is -2.04. The first-order valence-corrected chi connectivity index (χ1v) is 6.62. The molecule has 0 heterocycles. The maximum absolute atomic E-state index is 2.41. The Hall–Kier alpha value is -0.830. The van der Waals surface area contributed by atoms with Crippen molar-refractivity contribution >= 4 is 22.6 Å². The van der Waals surface area contributed by atoms with Gasteiger partial charge in [-0.25, -0.2) is 0 Å². The van der Waals surface area contributed by atoms with Crippen LogP contribution in [-0.4, -0.2) is 0 Å². The Balaban J connectivity index is 2.02. The van der Waals surface area contributed by atoms with Crippen molar-refractivity contribution in [3.8, 4) is 0 Å². The average Bonchev–Trinajstić information content (AvgIpc) is 2.30. The molecule has 0 aliphatic rings. The molecule has 0 spiro atoms. The zero-order chi connectivity index (χ0) is 11.4. The minimum Gasteiger partial charge on any atom is -0.0619 e. The second-order valence-electron chi connectivity index (χ2n) is 4.08. The van der Waals surface area contributed by atoms with E-state index >= 15 is 0 Å².